The second kappa shape index (κ2) is 7.32. The second-order valence-electron chi connectivity index (χ2n) is 8.81. The molecule has 1 fully saturated rings. The largest absolute Gasteiger partial charge is 0.346 e. The van der Waals surface area contributed by atoms with Gasteiger partial charge in [0, 0.05) is 24.2 Å². The van der Waals surface area contributed by atoms with Crippen LogP contribution < -0.4 is 5.43 Å². The Morgan fingerprint density at radius 2 is 1.78 bits per heavy atom. The summed E-state index contributed by atoms with van der Waals surface area (Å²) in [7, 11) is 0. The van der Waals surface area contributed by atoms with Gasteiger partial charge in [0.1, 0.15) is 5.82 Å². The van der Waals surface area contributed by atoms with Crippen molar-refractivity contribution < 1.29 is 17.7 Å². The highest BCUT2D eigenvalue weighted by molar-refractivity contribution is 5.83. The van der Waals surface area contributed by atoms with Crippen molar-refractivity contribution in [1.29, 1.82) is 0 Å². The van der Waals surface area contributed by atoms with Crippen LogP contribution in [-0.4, -0.2) is 14.7 Å². The summed E-state index contributed by atoms with van der Waals surface area (Å²) in [6.07, 6.45) is 3.68. The van der Waals surface area contributed by atoms with E-state index >= 15 is 0 Å². The molecule has 0 aliphatic heterocycles. The summed E-state index contributed by atoms with van der Waals surface area (Å²) < 4.78 is 48.4. The van der Waals surface area contributed by atoms with Crippen LogP contribution in [0.3, 0.4) is 0 Å². The number of rotatable bonds is 5. The maximum Gasteiger partial charge on any atom is 0.237 e. The van der Waals surface area contributed by atoms with E-state index < -0.39 is 22.5 Å². The zero-order chi connectivity index (χ0) is 22.6. The van der Waals surface area contributed by atoms with Gasteiger partial charge >= 0.3 is 0 Å². The fraction of sp³-hybridized carbons (Fsp3) is 0.292. The summed E-state index contributed by atoms with van der Waals surface area (Å²) in [5.41, 5.74) is 0.00101. The molecule has 1 saturated carbocycles. The van der Waals surface area contributed by atoms with Crippen molar-refractivity contribution in [2.75, 3.05) is 0 Å². The smallest absolute Gasteiger partial charge is 0.237 e. The highest BCUT2D eigenvalue weighted by atomic mass is 19.2. The molecule has 0 saturated heterocycles. The summed E-state index contributed by atoms with van der Waals surface area (Å²) in [6, 6.07) is 7.94. The molecule has 2 aromatic heterocycles. The molecule has 2 aromatic carbocycles. The molecule has 0 N–H and O–H groups in total. The number of hydrogen-bond donors (Lipinski definition) is 0. The molecule has 0 atom stereocenters. The van der Waals surface area contributed by atoms with E-state index in [1.165, 1.54) is 12.1 Å². The minimum absolute atomic E-state index is 0.0613. The minimum Gasteiger partial charge on any atom is -0.346 e. The molecule has 0 amide bonds. The maximum atomic E-state index is 13.9. The van der Waals surface area contributed by atoms with Crippen LogP contribution >= 0.6 is 0 Å². The second-order valence-corrected chi connectivity index (χ2v) is 8.81. The number of fused-ring (bicyclic) bond motifs is 1. The van der Waals surface area contributed by atoms with E-state index in [0.29, 0.717) is 18.0 Å². The normalized spacial score (nSPS) is 14.3. The average molecular weight is 439 g/mol. The Morgan fingerprint density at radius 3 is 2.47 bits per heavy atom. The van der Waals surface area contributed by atoms with Crippen molar-refractivity contribution in [3.63, 3.8) is 0 Å². The van der Waals surface area contributed by atoms with Crippen LogP contribution in [0.5, 0.6) is 0 Å². The van der Waals surface area contributed by atoms with Crippen molar-refractivity contribution >= 4 is 10.9 Å². The molecule has 5 rings (SSSR count). The van der Waals surface area contributed by atoms with E-state index in [1.54, 1.807) is 22.9 Å². The molecule has 0 radical (unpaired) electrons. The van der Waals surface area contributed by atoms with E-state index in [4.69, 9.17) is 4.52 Å². The summed E-state index contributed by atoms with van der Waals surface area (Å²) in [5.74, 6) is -1.70. The van der Waals surface area contributed by atoms with Crippen molar-refractivity contribution in [3.8, 4) is 11.4 Å². The fourth-order valence-electron chi connectivity index (χ4n) is 3.85. The number of halogens is 3. The van der Waals surface area contributed by atoms with Crippen LogP contribution in [0.2, 0.25) is 0 Å². The molecule has 2 heterocycles. The Morgan fingerprint density at radius 1 is 1.09 bits per heavy atom. The van der Waals surface area contributed by atoms with Gasteiger partial charge in [0.2, 0.25) is 17.1 Å². The number of benzene rings is 2. The van der Waals surface area contributed by atoms with Gasteiger partial charge in [-0.05, 0) is 56.4 Å². The maximum absolute atomic E-state index is 13.9. The first-order valence-corrected chi connectivity index (χ1v) is 10.4. The molecule has 164 valence electrons. The third kappa shape index (κ3) is 3.49. The monoisotopic (exact) mass is 439 g/mol. The summed E-state index contributed by atoms with van der Waals surface area (Å²) in [5, 5.41) is 4.06. The number of pyridine rings is 1. The van der Waals surface area contributed by atoms with Crippen molar-refractivity contribution in [2.24, 2.45) is 5.92 Å². The van der Waals surface area contributed by atoms with Crippen LogP contribution in [0.25, 0.3) is 22.3 Å². The topological polar surface area (TPSA) is 60.9 Å². The third-order valence-corrected chi connectivity index (χ3v) is 6.04. The first-order chi connectivity index (χ1) is 15.2. The lowest BCUT2D eigenvalue weighted by molar-refractivity contribution is 0.332. The lowest BCUT2D eigenvalue weighted by Crippen LogP contribution is -2.19. The molecular weight excluding hydrogens is 419 g/mol. The van der Waals surface area contributed by atoms with E-state index in [2.05, 4.69) is 10.1 Å². The third-order valence-electron chi connectivity index (χ3n) is 6.04. The predicted octanol–water partition coefficient (Wildman–Crippen LogP) is 5.20. The standard InChI is InChI=1S/C24H20F3N3O2/c1-24(2,14-5-7-15(25)8-6-14)23-28-22(29-32-23)17-12-30(11-13-3-4-13)20-10-19(27)18(26)9-16(20)21(17)31/h5-10,12-13H,3-4,11H2,1-2H3. The Hall–Kier alpha value is -3.42. The molecule has 0 spiro atoms. The summed E-state index contributed by atoms with van der Waals surface area (Å²) >= 11 is 0. The first-order valence-electron chi connectivity index (χ1n) is 10.4. The molecular formula is C24H20F3N3O2. The number of nitrogens with zero attached hydrogens (tertiary/aromatic N) is 3. The zero-order valence-electron chi connectivity index (χ0n) is 17.5. The summed E-state index contributed by atoms with van der Waals surface area (Å²) in [4.78, 5) is 17.6. The van der Waals surface area contributed by atoms with Crippen LogP contribution in [0, 0.1) is 23.4 Å². The van der Waals surface area contributed by atoms with Gasteiger partial charge < -0.3 is 9.09 Å². The molecule has 1 aliphatic rings. The Bertz CT molecular complexity index is 1390. The van der Waals surface area contributed by atoms with Gasteiger partial charge in [0.15, 0.2) is 11.6 Å². The lowest BCUT2D eigenvalue weighted by atomic mass is 9.84. The van der Waals surface area contributed by atoms with Gasteiger partial charge in [0.05, 0.1) is 16.5 Å². The molecule has 4 aromatic rings. The van der Waals surface area contributed by atoms with Gasteiger partial charge in [-0.15, -0.1) is 0 Å². The molecule has 32 heavy (non-hydrogen) atoms. The SMILES string of the molecule is CC(C)(c1ccc(F)cc1)c1nc(-c2cn(CC3CC3)c3cc(F)c(F)cc3c2=O)no1. The van der Waals surface area contributed by atoms with Gasteiger partial charge in [-0.25, -0.2) is 13.2 Å². The van der Waals surface area contributed by atoms with E-state index in [9.17, 15) is 18.0 Å². The average Bonchev–Trinajstić information content (AvgIpc) is 3.43. The van der Waals surface area contributed by atoms with Gasteiger partial charge in [-0.1, -0.05) is 17.3 Å². The van der Waals surface area contributed by atoms with Gasteiger partial charge in [0.25, 0.3) is 0 Å². The van der Waals surface area contributed by atoms with Gasteiger partial charge in [-0.2, -0.15) is 4.98 Å². The van der Waals surface area contributed by atoms with Crippen molar-refractivity contribution in [2.45, 2.75) is 38.6 Å². The first kappa shape index (κ1) is 20.5. The quantitative estimate of drug-likeness (QED) is 0.429. The Kier molecular flexibility index (Phi) is 4.69. The molecule has 5 nitrogen and oxygen atoms in total. The highest BCUT2D eigenvalue weighted by Crippen LogP contribution is 2.34. The number of aromatic nitrogens is 3. The van der Waals surface area contributed by atoms with Gasteiger partial charge in [-0.3, -0.25) is 4.79 Å². The van der Waals surface area contributed by atoms with E-state index in [1.807, 2.05) is 13.8 Å². The van der Waals surface area contributed by atoms with E-state index in [-0.39, 0.29) is 28.5 Å². The Labute approximate surface area is 181 Å². The number of hydrogen-bond acceptors (Lipinski definition) is 4. The Balaban J connectivity index is 1.63. The lowest BCUT2D eigenvalue weighted by Gasteiger charge is -2.20. The van der Waals surface area contributed by atoms with Crippen LogP contribution in [-0.2, 0) is 12.0 Å². The fourth-order valence-corrected chi connectivity index (χ4v) is 3.85. The van der Waals surface area contributed by atoms with Crippen LogP contribution in [0.1, 0.15) is 38.1 Å². The summed E-state index contributed by atoms with van der Waals surface area (Å²) in [6.45, 7) is 4.28. The van der Waals surface area contributed by atoms with Crippen molar-refractivity contribution in [3.05, 3.63) is 81.7 Å². The molecule has 8 heteroatoms. The molecule has 0 bridgehead atoms. The zero-order valence-corrected chi connectivity index (χ0v) is 17.5. The molecule has 0 unspecified atom stereocenters. The highest BCUT2D eigenvalue weighted by Gasteiger charge is 2.31. The van der Waals surface area contributed by atoms with Crippen molar-refractivity contribution in [1.82, 2.24) is 14.7 Å². The van der Waals surface area contributed by atoms with E-state index in [0.717, 1.165) is 30.5 Å². The van der Waals surface area contributed by atoms with Crippen LogP contribution in [0.4, 0.5) is 13.2 Å². The van der Waals surface area contributed by atoms with Crippen LogP contribution in [0.15, 0.2) is 51.9 Å². The minimum atomic E-state index is -1.09. The molecule has 1 aliphatic carbocycles. The predicted molar refractivity (Wildman–Crippen MR) is 113 cm³/mol.